The number of fused-ring (bicyclic) bond motifs is 1. The number of non-ortho nitro benzene ring substituents is 1. The molecule has 1 aliphatic rings. The van der Waals surface area contributed by atoms with Crippen molar-refractivity contribution >= 4 is 44.7 Å². The molecule has 2 aromatic carbocycles. The van der Waals surface area contributed by atoms with E-state index >= 15 is 0 Å². The van der Waals surface area contributed by atoms with Crippen LogP contribution in [0, 0.1) is 10.1 Å². The maximum absolute atomic E-state index is 11.2. The first-order valence-electron chi connectivity index (χ1n) is 8.39. The molecule has 9 heteroatoms. The van der Waals surface area contributed by atoms with Gasteiger partial charge in [0, 0.05) is 50.2 Å². The minimum Gasteiger partial charge on any atom is -0.467 e. The van der Waals surface area contributed by atoms with Crippen molar-refractivity contribution in [1.82, 2.24) is 4.98 Å². The van der Waals surface area contributed by atoms with Crippen molar-refractivity contribution in [2.75, 3.05) is 6.79 Å². The summed E-state index contributed by atoms with van der Waals surface area (Å²) in [5.74, 6) is 2.03. The molecular formula is C19H15BrN2O4S2. The number of ether oxygens (including phenoxy) is 2. The Kier molecular flexibility index (Phi) is 5.96. The normalized spacial score (nSPS) is 13.0. The predicted molar refractivity (Wildman–Crippen MR) is 114 cm³/mol. The smallest absolute Gasteiger partial charge is 0.270 e. The molecule has 2 heterocycles. The highest BCUT2D eigenvalue weighted by molar-refractivity contribution is 9.10. The van der Waals surface area contributed by atoms with Crippen LogP contribution in [-0.4, -0.2) is 16.7 Å². The van der Waals surface area contributed by atoms with Gasteiger partial charge in [0.1, 0.15) is 10.8 Å². The zero-order valence-corrected chi connectivity index (χ0v) is 17.8. The van der Waals surface area contributed by atoms with Crippen LogP contribution in [0.3, 0.4) is 0 Å². The van der Waals surface area contributed by atoms with E-state index in [4.69, 9.17) is 14.5 Å². The fourth-order valence-corrected chi connectivity index (χ4v) is 5.10. The third-order valence-corrected chi connectivity index (χ3v) is 6.56. The van der Waals surface area contributed by atoms with Crippen LogP contribution in [0.25, 0.3) is 10.6 Å². The molecule has 0 aliphatic carbocycles. The minimum atomic E-state index is -0.381. The van der Waals surface area contributed by atoms with Gasteiger partial charge in [0.15, 0.2) is 6.79 Å². The third kappa shape index (κ3) is 4.38. The molecule has 0 N–H and O–H groups in total. The van der Waals surface area contributed by atoms with E-state index < -0.39 is 0 Å². The van der Waals surface area contributed by atoms with E-state index in [-0.39, 0.29) is 17.4 Å². The van der Waals surface area contributed by atoms with Crippen LogP contribution < -0.4 is 4.74 Å². The minimum absolute atomic E-state index is 0.0639. The Bertz CT molecular complexity index is 1020. The number of benzene rings is 2. The molecule has 0 bridgehead atoms. The number of thioether (sulfide) groups is 1. The number of aromatic nitrogens is 1. The average Bonchev–Trinajstić information content (AvgIpc) is 3.17. The standard InChI is InChI=1S/C19H15BrN2O4S2/c20-15-3-1-2-12(4-15)19-21-16(10-28-19)9-27-8-14-6-17(22(23)24)5-13-7-25-11-26-18(13)14/h1-6,10H,7-9,11H2. The first kappa shape index (κ1) is 19.4. The maximum atomic E-state index is 11.2. The number of hydrogen-bond acceptors (Lipinski definition) is 7. The highest BCUT2D eigenvalue weighted by Gasteiger charge is 2.21. The predicted octanol–water partition coefficient (Wildman–Crippen LogP) is 5.78. The van der Waals surface area contributed by atoms with Crippen LogP contribution >= 0.6 is 39.0 Å². The summed E-state index contributed by atoms with van der Waals surface area (Å²) in [4.78, 5) is 15.5. The van der Waals surface area contributed by atoms with Crippen molar-refractivity contribution in [3.63, 3.8) is 0 Å². The number of nitrogens with zero attached hydrogens (tertiary/aromatic N) is 2. The van der Waals surface area contributed by atoms with Crippen LogP contribution in [0.1, 0.15) is 16.8 Å². The van der Waals surface area contributed by atoms with Gasteiger partial charge in [-0.2, -0.15) is 11.8 Å². The van der Waals surface area contributed by atoms with Crippen LogP contribution in [0.2, 0.25) is 0 Å². The van der Waals surface area contributed by atoms with Gasteiger partial charge in [0.25, 0.3) is 5.69 Å². The molecule has 1 aromatic heterocycles. The molecule has 0 spiro atoms. The van der Waals surface area contributed by atoms with Gasteiger partial charge in [-0.25, -0.2) is 4.98 Å². The summed E-state index contributed by atoms with van der Waals surface area (Å²) in [6.45, 7) is 0.501. The monoisotopic (exact) mass is 478 g/mol. The van der Waals surface area contributed by atoms with E-state index in [2.05, 4.69) is 21.3 Å². The van der Waals surface area contributed by atoms with Crippen molar-refractivity contribution in [1.29, 1.82) is 0 Å². The molecule has 0 fully saturated rings. The highest BCUT2D eigenvalue weighted by Crippen LogP contribution is 2.35. The number of rotatable bonds is 6. The van der Waals surface area contributed by atoms with E-state index in [1.807, 2.05) is 24.3 Å². The average molecular weight is 479 g/mol. The lowest BCUT2D eigenvalue weighted by Crippen LogP contribution is -2.13. The summed E-state index contributed by atoms with van der Waals surface area (Å²) in [7, 11) is 0. The summed E-state index contributed by atoms with van der Waals surface area (Å²) >= 11 is 6.75. The maximum Gasteiger partial charge on any atom is 0.270 e. The molecule has 0 atom stereocenters. The first-order valence-corrected chi connectivity index (χ1v) is 11.2. The molecule has 0 unspecified atom stereocenters. The number of halogens is 1. The molecule has 1 aliphatic heterocycles. The fourth-order valence-electron chi connectivity index (χ4n) is 2.89. The lowest BCUT2D eigenvalue weighted by molar-refractivity contribution is -0.385. The molecule has 4 rings (SSSR count). The third-order valence-electron chi connectivity index (χ3n) is 4.11. The number of thiazole rings is 1. The summed E-state index contributed by atoms with van der Waals surface area (Å²) < 4.78 is 11.9. The lowest BCUT2D eigenvalue weighted by atomic mass is 10.1. The summed E-state index contributed by atoms with van der Waals surface area (Å²) in [6.07, 6.45) is 0. The Hall–Kier alpha value is -1.94. The van der Waals surface area contributed by atoms with E-state index in [1.54, 1.807) is 29.2 Å². The van der Waals surface area contributed by atoms with Gasteiger partial charge < -0.3 is 9.47 Å². The van der Waals surface area contributed by atoms with Crippen molar-refractivity contribution in [3.05, 3.63) is 73.2 Å². The second kappa shape index (κ2) is 8.60. The molecule has 0 amide bonds. The lowest BCUT2D eigenvalue weighted by Gasteiger charge is -2.20. The van der Waals surface area contributed by atoms with Crippen molar-refractivity contribution in [2.24, 2.45) is 0 Å². The zero-order valence-electron chi connectivity index (χ0n) is 14.6. The second-order valence-corrected chi connectivity index (χ2v) is 8.87. The van der Waals surface area contributed by atoms with Crippen molar-refractivity contribution in [2.45, 2.75) is 18.1 Å². The van der Waals surface area contributed by atoms with Gasteiger partial charge in [-0.1, -0.05) is 28.1 Å². The molecule has 0 saturated carbocycles. The molecule has 0 radical (unpaired) electrons. The van der Waals surface area contributed by atoms with E-state index in [9.17, 15) is 10.1 Å². The van der Waals surface area contributed by atoms with Gasteiger partial charge >= 0.3 is 0 Å². The van der Waals surface area contributed by atoms with E-state index in [1.165, 1.54) is 6.07 Å². The van der Waals surface area contributed by atoms with Gasteiger partial charge in [-0.15, -0.1) is 11.3 Å². The summed E-state index contributed by atoms with van der Waals surface area (Å²) in [5, 5.41) is 14.2. The Morgan fingerprint density at radius 3 is 3.00 bits per heavy atom. The van der Waals surface area contributed by atoms with Gasteiger partial charge in [0.05, 0.1) is 17.2 Å². The van der Waals surface area contributed by atoms with Gasteiger partial charge in [0.2, 0.25) is 0 Å². The van der Waals surface area contributed by atoms with Crippen LogP contribution in [0.5, 0.6) is 5.75 Å². The Morgan fingerprint density at radius 1 is 1.29 bits per heavy atom. The summed E-state index contributed by atoms with van der Waals surface area (Å²) in [6, 6.07) is 11.2. The molecule has 144 valence electrons. The zero-order chi connectivity index (χ0) is 19.5. The van der Waals surface area contributed by atoms with Gasteiger partial charge in [-0.05, 0) is 12.1 Å². The van der Waals surface area contributed by atoms with Crippen LogP contribution in [0.4, 0.5) is 5.69 Å². The second-order valence-electron chi connectivity index (χ2n) is 6.11. The quantitative estimate of drug-likeness (QED) is 0.330. The molecular weight excluding hydrogens is 464 g/mol. The number of nitro groups is 1. The highest BCUT2D eigenvalue weighted by atomic mass is 79.9. The van der Waals surface area contributed by atoms with Crippen molar-refractivity contribution < 1.29 is 14.4 Å². The Balaban J connectivity index is 1.46. The Labute approximate surface area is 178 Å². The van der Waals surface area contributed by atoms with Crippen LogP contribution in [-0.2, 0) is 22.8 Å². The van der Waals surface area contributed by atoms with Crippen molar-refractivity contribution in [3.8, 4) is 16.3 Å². The van der Waals surface area contributed by atoms with E-state index in [0.717, 1.165) is 37.6 Å². The number of nitro benzene ring substituents is 1. The first-order chi connectivity index (χ1) is 13.6. The molecule has 6 nitrogen and oxygen atoms in total. The summed E-state index contributed by atoms with van der Waals surface area (Å²) in [5.41, 5.74) is 3.68. The molecule has 28 heavy (non-hydrogen) atoms. The Morgan fingerprint density at radius 2 is 2.18 bits per heavy atom. The van der Waals surface area contributed by atoms with Crippen LogP contribution in [0.15, 0.2) is 46.3 Å². The topological polar surface area (TPSA) is 74.5 Å². The van der Waals surface area contributed by atoms with E-state index in [0.29, 0.717) is 18.1 Å². The number of hydrogen-bond donors (Lipinski definition) is 0. The van der Waals surface area contributed by atoms with Gasteiger partial charge in [-0.3, -0.25) is 10.1 Å². The molecule has 0 saturated heterocycles. The largest absolute Gasteiger partial charge is 0.467 e. The fraction of sp³-hybridized carbons (Fsp3) is 0.211. The molecule has 3 aromatic rings. The SMILES string of the molecule is O=[N+]([O-])c1cc2c(c(CSCc3csc(-c4cccc(Br)c4)n3)c1)OCOC2.